The molecule has 1 saturated heterocycles. The smallest absolute Gasteiger partial charge is 0.131 e. The summed E-state index contributed by atoms with van der Waals surface area (Å²) in [6.07, 6.45) is 4.22. The lowest BCUT2D eigenvalue weighted by atomic mass is 9.73. The highest BCUT2D eigenvalue weighted by Gasteiger charge is 2.39. The molecule has 5 heteroatoms. The molecular weight excluding hydrogens is 426 g/mol. The number of phenolic OH excluding ortho intramolecular Hbond substituents is 2. The molecule has 3 aromatic carbocycles. The van der Waals surface area contributed by atoms with E-state index in [4.69, 9.17) is 9.47 Å². The third kappa shape index (κ3) is 4.71. The van der Waals surface area contributed by atoms with Gasteiger partial charge in [-0.05, 0) is 91.7 Å². The van der Waals surface area contributed by atoms with E-state index in [1.165, 1.54) is 12.8 Å². The number of ether oxygens (including phenoxy) is 2. The summed E-state index contributed by atoms with van der Waals surface area (Å²) in [4.78, 5) is 0. The predicted molar refractivity (Wildman–Crippen MR) is 133 cm³/mol. The first-order chi connectivity index (χ1) is 16.6. The van der Waals surface area contributed by atoms with Crippen molar-refractivity contribution in [3.63, 3.8) is 0 Å². The Kier molecular flexibility index (Phi) is 6.63. The van der Waals surface area contributed by atoms with Crippen LogP contribution in [0.4, 0.5) is 0 Å². The van der Waals surface area contributed by atoms with Crippen LogP contribution in [0.25, 0.3) is 0 Å². The molecule has 0 radical (unpaired) electrons. The van der Waals surface area contributed by atoms with Crippen molar-refractivity contribution in [3.8, 4) is 23.0 Å². The summed E-state index contributed by atoms with van der Waals surface area (Å²) in [5.41, 5.74) is 3.21. The number of rotatable bonds is 7. The fraction of sp³-hybridized carbons (Fsp3) is 0.379. The third-order valence-corrected chi connectivity index (χ3v) is 7.23. The molecule has 34 heavy (non-hydrogen) atoms. The van der Waals surface area contributed by atoms with Crippen LogP contribution >= 0.6 is 0 Å². The Morgan fingerprint density at radius 3 is 2.38 bits per heavy atom. The van der Waals surface area contributed by atoms with Crippen molar-refractivity contribution in [1.82, 2.24) is 5.32 Å². The zero-order valence-electron chi connectivity index (χ0n) is 19.6. The van der Waals surface area contributed by atoms with Crippen molar-refractivity contribution in [1.29, 1.82) is 0 Å². The molecule has 3 N–H and O–H groups in total. The van der Waals surface area contributed by atoms with Crippen LogP contribution < -0.4 is 14.8 Å². The fourth-order valence-electron chi connectivity index (χ4n) is 5.48. The average Bonchev–Trinajstić information content (AvgIpc) is 3.37. The van der Waals surface area contributed by atoms with Crippen LogP contribution in [0.1, 0.15) is 67.2 Å². The highest BCUT2D eigenvalue weighted by atomic mass is 16.5. The second-order valence-electron chi connectivity index (χ2n) is 9.39. The van der Waals surface area contributed by atoms with Crippen molar-refractivity contribution in [2.45, 2.75) is 56.6 Å². The van der Waals surface area contributed by atoms with Crippen molar-refractivity contribution in [2.24, 2.45) is 0 Å². The van der Waals surface area contributed by atoms with Gasteiger partial charge in [-0.25, -0.2) is 0 Å². The second-order valence-corrected chi connectivity index (χ2v) is 9.39. The Morgan fingerprint density at radius 1 is 0.941 bits per heavy atom. The monoisotopic (exact) mass is 459 g/mol. The fourth-order valence-corrected chi connectivity index (χ4v) is 5.48. The maximum absolute atomic E-state index is 10.1. The van der Waals surface area contributed by atoms with E-state index in [2.05, 4.69) is 24.4 Å². The van der Waals surface area contributed by atoms with Crippen LogP contribution in [0.2, 0.25) is 0 Å². The van der Waals surface area contributed by atoms with Crippen LogP contribution in [0.15, 0.2) is 66.7 Å². The van der Waals surface area contributed by atoms with Crippen LogP contribution in [0.3, 0.4) is 0 Å². The third-order valence-electron chi connectivity index (χ3n) is 7.23. The number of hydrogen-bond acceptors (Lipinski definition) is 5. The highest BCUT2D eigenvalue weighted by Crippen LogP contribution is 2.53. The number of phenols is 2. The van der Waals surface area contributed by atoms with Crippen molar-refractivity contribution in [3.05, 3.63) is 83.4 Å². The zero-order chi connectivity index (χ0) is 23.5. The molecule has 5 rings (SSSR count). The van der Waals surface area contributed by atoms with Crippen LogP contribution in [-0.2, 0) is 0 Å². The van der Waals surface area contributed by atoms with Gasteiger partial charge in [0.1, 0.15) is 29.1 Å². The van der Waals surface area contributed by atoms with Gasteiger partial charge in [-0.2, -0.15) is 0 Å². The number of aromatic hydroxyl groups is 2. The Hall–Kier alpha value is -3.18. The van der Waals surface area contributed by atoms with Crippen LogP contribution in [0, 0.1) is 0 Å². The molecule has 5 nitrogen and oxygen atoms in total. The minimum Gasteiger partial charge on any atom is -0.508 e. The standard InChI is InChI=1S/C29H33NO4/c1-2-25-26-18-23(32)11-14-27(26)34-29(28(25)19-5-9-22(31)10-6-19)20-7-12-24(13-8-20)33-17-15-21-4-3-16-30-21/h5-14,18,21,25,28-32H,2-4,15-17H2,1H3. The second kappa shape index (κ2) is 9.98. The van der Waals surface area contributed by atoms with E-state index in [9.17, 15) is 10.2 Å². The average molecular weight is 460 g/mol. The van der Waals surface area contributed by atoms with E-state index >= 15 is 0 Å². The maximum atomic E-state index is 10.1. The minimum atomic E-state index is -0.191. The molecule has 3 aromatic rings. The lowest BCUT2D eigenvalue weighted by Gasteiger charge is -2.40. The SMILES string of the molecule is CCC1c2cc(O)ccc2OC(c2ccc(OCCC3CCCN3)cc2)C1c1ccc(O)cc1. The molecule has 4 atom stereocenters. The summed E-state index contributed by atoms with van der Waals surface area (Å²) in [6, 6.07) is 21.6. The number of benzene rings is 3. The van der Waals surface area contributed by atoms with Crippen LogP contribution in [-0.4, -0.2) is 29.4 Å². The van der Waals surface area contributed by atoms with E-state index in [-0.39, 0.29) is 29.4 Å². The van der Waals surface area contributed by atoms with Crippen molar-refractivity contribution >= 4 is 0 Å². The molecule has 178 valence electrons. The topological polar surface area (TPSA) is 71.0 Å². The molecule has 0 aromatic heterocycles. The van der Waals surface area contributed by atoms with Gasteiger partial charge < -0.3 is 25.0 Å². The Balaban J connectivity index is 1.41. The lowest BCUT2D eigenvalue weighted by molar-refractivity contribution is 0.131. The molecular formula is C29H33NO4. The van der Waals surface area contributed by atoms with Crippen molar-refractivity contribution < 1.29 is 19.7 Å². The molecule has 4 unspecified atom stereocenters. The Morgan fingerprint density at radius 2 is 1.68 bits per heavy atom. The van der Waals surface area contributed by atoms with E-state index in [1.54, 1.807) is 18.2 Å². The first-order valence-corrected chi connectivity index (χ1v) is 12.4. The molecule has 0 saturated carbocycles. The normalized spacial score (nSPS) is 23.8. The van der Waals surface area contributed by atoms with Gasteiger partial charge >= 0.3 is 0 Å². The molecule has 1 fully saturated rings. The van der Waals surface area contributed by atoms with Gasteiger partial charge in [-0.3, -0.25) is 0 Å². The highest BCUT2D eigenvalue weighted by molar-refractivity contribution is 5.48. The lowest BCUT2D eigenvalue weighted by Crippen LogP contribution is -2.28. The maximum Gasteiger partial charge on any atom is 0.131 e. The van der Waals surface area contributed by atoms with Gasteiger partial charge in [0, 0.05) is 17.5 Å². The van der Waals surface area contributed by atoms with E-state index in [0.717, 1.165) is 47.6 Å². The molecule has 2 heterocycles. The Labute approximate surface area is 201 Å². The summed E-state index contributed by atoms with van der Waals surface area (Å²) in [6.45, 7) is 4.00. The van der Waals surface area contributed by atoms with Crippen LogP contribution in [0.5, 0.6) is 23.0 Å². The largest absolute Gasteiger partial charge is 0.508 e. The number of hydrogen-bond donors (Lipinski definition) is 3. The van der Waals surface area contributed by atoms with Gasteiger partial charge in [0.15, 0.2) is 0 Å². The quantitative estimate of drug-likeness (QED) is 0.402. The number of fused-ring (bicyclic) bond motifs is 1. The van der Waals surface area contributed by atoms with E-state index < -0.39 is 0 Å². The summed E-state index contributed by atoms with van der Waals surface area (Å²) in [7, 11) is 0. The zero-order valence-corrected chi connectivity index (χ0v) is 19.6. The summed E-state index contributed by atoms with van der Waals surface area (Å²) >= 11 is 0. The van der Waals surface area contributed by atoms with Gasteiger partial charge in [-0.15, -0.1) is 0 Å². The van der Waals surface area contributed by atoms with Gasteiger partial charge in [0.2, 0.25) is 0 Å². The summed E-state index contributed by atoms with van der Waals surface area (Å²) in [5, 5.41) is 23.5. The van der Waals surface area contributed by atoms with Gasteiger partial charge in [0.25, 0.3) is 0 Å². The summed E-state index contributed by atoms with van der Waals surface area (Å²) < 4.78 is 12.6. The molecule has 2 aliphatic heterocycles. The van der Waals surface area contributed by atoms with E-state index in [1.807, 2.05) is 36.4 Å². The first-order valence-electron chi connectivity index (χ1n) is 12.4. The molecule has 2 aliphatic rings. The summed E-state index contributed by atoms with van der Waals surface area (Å²) in [5.74, 6) is 2.39. The van der Waals surface area contributed by atoms with Gasteiger partial charge in [-0.1, -0.05) is 31.2 Å². The first kappa shape index (κ1) is 22.6. The van der Waals surface area contributed by atoms with E-state index in [0.29, 0.717) is 12.6 Å². The molecule has 0 bridgehead atoms. The van der Waals surface area contributed by atoms with Gasteiger partial charge in [0.05, 0.1) is 6.61 Å². The Bertz CT molecular complexity index is 1090. The predicted octanol–water partition coefficient (Wildman–Crippen LogP) is 6.03. The molecule has 0 spiro atoms. The molecule has 0 aliphatic carbocycles. The molecule has 0 amide bonds. The number of nitrogens with one attached hydrogen (secondary N) is 1. The minimum absolute atomic E-state index is 0.0418. The van der Waals surface area contributed by atoms with Crippen molar-refractivity contribution in [2.75, 3.05) is 13.2 Å².